The zero-order valence-electron chi connectivity index (χ0n) is 17.0. The van der Waals surface area contributed by atoms with Crippen LogP contribution in [0, 0.1) is 0 Å². The number of hydrogen-bond donors (Lipinski definition) is 2. The number of thiocarbonyl (C=S) groups is 1. The summed E-state index contributed by atoms with van der Waals surface area (Å²) in [6.45, 7) is 7.37. The maximum absolute atomic E-state index is 12.0. The summed E-state index contributed by atoms with van der Waals surface area (Å²) in [6, 6.07) is 7.99. The van der Waals surface area contributed by atoms with Gasteiger partial charge in [0.15, 0.2) is 5.11 Å². The van der Waals surface area contributed by atoms with Crippen LogP contribution in [0.1, 0.15) is 52.4 Å². The molecular formula is C21H32N4O2S. The molecule has 154 valence electrons. The highest BCUT2D eigenvalue weighted by atomic mass is 32.1. The Bertz CT molecular complexity index is 655. The molecule has 1 aromatic rings. The minimum atomic E-state index is -0.0435. The van der Waals surface area contributed by atoms with Crippen molar-refractivity contribution >= 4 is 40.5 Å². The first-order valence-electron chi connectivity index (χ1n) is 10.3. The average Bonchev–Trinajstić information content (AvgIpc) is 2.69. The third-order valence-electron chi connectivity index (χ3n) is 4.85. The van der Waals surface area contributed by atoms with Crippen molar-refractivity contribution in [2.75, 3.05) is 36.4 Å². The van der Waals surface area contributed by atoms with E-state index in [0.717, 1.165) is 63.2 Å². The average molecular weight is 405 g/mol. The van der Waals surface area contributed by atoms with Crippen LogP contribution in [-0.4, -0.2) is 48.0 Å². The fourth-order valence-electron chi connectivity index (χ4n) is 3.23. The number of rotatable bonds is 8. The van der Waals surface area contributed by atoms with Crippen LogP contribution in [0.4, 0.5) is 11.4 Å². The van der Waals surface area contributed by atoms with Gasteiger partial charge in [0.2, 0.25) is 11.8 Å². The van der Waals surface area contributed by atoms with Crippen LogP contribution in [0.2, 0.25) is 0 Å². The van der Waals surface area contributed by atoms with Gasteiger partial charge >= 0.3 is 0 Å². The summed E-state index contributed by atoms with van der Waals surface area (Å²) in [5.74, 6) is 0.213. The van der Waals surface area contributed by atoms with Crippen molar-refractivity contribution in [1.29, 1.82) is 0 Å². The van der Waals surface area contributed by atoms with E-state index in [1.165, 1.54) is 0 Å². The molecule has 0 saturated carbocycles. The Balaban J connectivity index is 1.78. The lowest BCUT2D eigenvalue weighted by Gasteiger charge is -2.36. The Hall–Kier alpha value is -2.15. The van der Waals surface area contributed by atoms with Gasteiger partial charge in [-0.25, -0.2) is 0 Å². The second kappa shape index (κ2) is 11.6. The van der Waals surface area contributed by atoms with Gasteiger partial charge in [0.05, 0.1) is 0 Å². The van der Waals surface area contributed by atoms with Gasteiger partial charge in [-0.1, -0.05) is 26.7 Å². The van der Waals surface area contributed by atoms with Crippen molar-refractivity contribution in [1.82, 2.24) is 10.2 Å². The molecule has 7 heteroatoms. The molecule has 28 heavy (non-hydrogen) atoms. The molecule has 6 nitrogen and oxygen atoms in total. The molecule has 2 amide bonds. The number of piperazine rings is 1. The maximum atomic E-state index is 12.0. The maximum Gasteiger partial charge on any atom is 0.226 e. The van der Waals surface area contributed by atoms with Crippen molar-refractivity contribution < 1.29 is 9.59 Å². The molecule has 1 saturated heterocycles. The van der Waals surface area contributed by atoms with E-state index in [0.29, 0.717) is 18.0 Å². The topological polar surface area (TPSA) is 64.7 Å². The van der Waals surface area contributed by atoms with E-state index in [9.17, 15) is 9.59 Å². The van der Waals surface area contributed by atoms with E-state index in [4.69, 9.17) is 12.2 Å². The monoisotopic (exact) mass is 404 g/mol. The van der Waals surface area contributed by atoms with Gasteiger partial charge in [-0.05, 0) is 49.3 Å². The molecule has 1 aliphatic rings. The Labute approximate surface area is 173 Å². The Kier molecular flexibility index (Phi) is 9.20. The largest absolute Gasteiger partial charge is 0.368 e. The summed E-state index contributed by atoms with van der Waals surface area (Å²) in [5, 5.41) is 6.11. The molecule has 2 N–H and O–H groups in total. The standard InChI is InChI=1S/C21H32N4O2S/c1-3-5-6-8-19(26)23-21(28)22-17-9-11-18(12-10-17)24-13-15-25(16-14-24)20(27)7-4-2/h9-12H,3-8,13-16H2,1-2H3,(H2,22,23,26,28). The summed E-state index contributed by atoms with van der Waals surface area (Å²) in [7, 11) is 0. The summed E-state index contributed by atoms with van der Waals surface area (Å²) in [4.78, 5) is 28.1. The van der Waals surface area contributed by atoms with Crippen molar-refractivity contribution in [3.63, 3.8) is 0 Å². The van der Waals surface area contributed by atoms with E-state index >= 15 is 0 Å². The summed E-state index contributed by atoms with van der Waals surface area (Å²) in [5.41, 5.74) is 1.97. The first-order valence-corrected chi connectivity index (χ1v) is 10.7. The highest BCUT2D eigenvalue weighted by Gasteiger charge is 2.20. The zero-order valence-corrected chi connectivity index (χ0v) is 17.8. The summed E-state index contributed by atoms with van der Waals surface area (Å²) < 4.78 is 0. The number of carbonyl (C=O) groups excluding carboxylic acids is 2. The normalized spacial score (nSPS) is 13.9. The molecule has 0 radical (unpaired) electrons. The predicted molar refractivity (Wildman–Crippen MR) is 119 cm³/mol. The molecule has 1 aromatic carbocycles. The van der Waals surface area contributed by atoms with Gasteiger partial charge in [0, 0.05) is 50.4 Å². The minimum Gasteiger partial charge on any atom is -0.368 e. The second-order valence-corrected chi connectivity index (χ2v) is 7.53. The van der Waals surface area contributed by atoms with E-state index in [1.807, 2.05) is 36.1 Å². The number of amides is 2. The summed E-state index contributed by atoms with van der Waals surface area (Å²) >= 11 is 5.22. The Morgan fingerprint density at radius 1 is 0.964 bits per heavy atom. The van der Waals surface area contributed by atoms with E-state index in [-0.39, 0.29) is 11.8 Å². The van der Waals surface area contributed by atoms with Crippen molar-refractivity contribution in [2.24, 2.45) is 0 Å². The van der Waals surface area contributed by atoms with E-state index < -0.39 is 0 Å². The lowest BCUT2D eigenvalue weighted by Crippen LogP contribution is -2.48. The van der Waals surface area contributed by atoms with Crippen molar-refractivity contribution in [3.8, 4) is 0 Å². The molecule has 0 spiro atoms. The molecule has 0 atom stereocenters. The van der Waals surface area contributed by atoms with Crippen molar-refractivity contribution in [3.05, 3.63) is 24.3 Å². The molecule has 0 aliphatic carbocycles. The fraction of sp³-hybridized carbons (Fsp3) is 0.571. The van der Waals surface area contributed by atoms with Crippen LogP contribution in [0.3, 0.4) is 0 Å². The Morgan fingerprint density at radius 2 is 1.64 bits per heavy atom. The van der Waals surface area contributed by atoms with Crippen LogP contribution in [-0.2, 0) is 9.59 Å². The van der Waals surface area contributed by atoms with Crippen LogP contribution in [0.15, 0.2) is 24.3 Å². The third kappa shape index (κ3) is 7.11. The van der Waals surface area contributed by atoms with Gasteiger partial charge in [0.1, 0.15) is 0 Å². The number of benzene rings is 1. The number of nitrogens with one attached hydrogen (secondary N) is 2. The van der Waals surface area contributed by atoms with E-state index in [1.54, 1.807) is 0 Å². The van der Waals surface area contributed by atoms with Gasteiger partial charge < -0.3 is 20.4 Å². The van der Waals surface area contributed by atoms with Crippen LogP contribution in [0.5, 0.6) is 0 Å². The SMILES string of the molecule is CCCCCC(=O)NC(=S)Nc1ccc(N2CCN(C(=O)CCC)CC2)cc1. The van der Waals surface area contributed by atoms with Crippen LogP contribution < -0.4 is 15.5 Å². The summed E-state index contributed by atoms with van der Waals surface area (Å²) in [6.07, 6.45) is 5.06. The van der Waals surface area contributed by atoms with Crippen molar-refractivity contribution in [2.45, 2.75) is 52.4 Å². The minimum absolute atomic E-state index is 0.0435. The Morgan fingerprint density at radius 3 is 2.25 bits per heavy atom. The lowest BCUT2D eigenvalue weighted by atomic mass is 10.2. The number of anilines is 2. The van der Waals surface area contributed by atoms with Gasteiger partial charge in [-0.2, -0.15) is 0 Å². The number of unbranched alkanes of at least 4 members (excludes halogenated alkanes) is 2. The third-order valence-corrected chi connectivity index (χ3v) is 5.05. The molecule has 1 heterocycles. The van der Waals surface area contributed by atoms with Gasteiger partial charge in [-0.15, -0.1) is 0 Å². The molecule has 2 rings (SSSR count). The number of nitrogens with zero attached hydrogens (tertiary/aromatic N) is 2. The lowest BCUT2D eigenvalue weighted by molar-refractivity contribution is -0.131. The smallest absolute Gasteiger partial charge is 0.226 e. The van der Waals surface area contributed by atoms with Crippen LogP contribution >= 0.6 is 12.2 Å². The van der Waals surface area contributed by atoms with Gasteiger partial charge in [0.25, 0.3) is 0 Å². The molecule has 0 aromatic heterocycles. The van der Waals surface area contributed by atoms with Gasteiger partial charge in [-0.3, -0.25) is 9.59 Å². The predicted octanol–water partition coefficient (Wildman–Crippen LogP) is 3.53. The molecule has 0 bridgehead atoms. The molecule has 1 aliphatic heterocycles. The second-order valence-electron chi connectivity index (χ2n) is 7.12. The number of hydrogen-bond acceptors (Lipinski definition) is 4. The first-order chi connectivity index (χ1) is 13.5. The molecular weight excluding hydrogens is 372 g/mol. The first kappa shape index (κ1) is 22.1. The highest BCUT2D eigenvalue weighted by molar-refractivity contribution is 7.80. The quantitative estimate of drug-likeness (QED) is 0.513. The number of carbonyl (C=O) groups is 2. The van der Waals surface area contributed by atoms with E-state index in [2.05, 4.69) is 22.5 Å². The zero-order chi connectivity index (χ0) is 20.4. The highest BCUT2D eigenvalue weighted by Crippen LogP contribution is 2.20. The molecule has 0 unspecified atom stereocenters. The molecule has 1 fully saturated rings. The van der Waals surface area contributed by atoms with Crippen LogP contribution in [0.25, 0.3) is 0 Å². The fourth-order valence-corrected chi connectivity index (χ4v) is 3.46.